The van der Waals surface area contributed by atoms with E-state index in [0.29, 0.717) is 13.1 Å². The maximum Gasteiger partial charge on any atom is 0.306 e. The van der Waals surface area contributed by atoms with Crippen LogP contribution in [0, 0.1) is 0 Å². The second-order valence-electron chi connectivity index (χ2n) is 4.76. The first kappa shape index (κ1) is 19.3. The molecule has 0 aliphatic rings. The summed E-state index contributed by atoms with van der Waals surface area (Å²) in [5, 5.41) is 0. The molecule has 0 saturated heterocycles. The number of carbonyl (C=O) groups is 1. The minimum absolute atomic E-state index is 0.0711. The maximum absolute atomic E-state index is 12.4. The lowest BCUT2D eigenvalue weighted by molar-refractivity contribution is -0.140. The average Bonchev–Trinajstić information content (AvgIpc) is 2.43. The zero-order valence-electron chi connectivity index (χ0n) is 13.1. The molecule has 7 heteroatoms. The minimum Gasteiger partial charge on any atom is -0.469 e. The number of hydrogen-bond donors (Lipinski definition) is 0. The van der Waals surface area contributed by atoms with Gasteiger partial charge in [-0.1, -0.05) is 26.7 Å². The SMILES string of the molecule is CCCCN(CCCC)S(=O)(=O)N(C)CCC(=O)OC. The van der Waals surface area contributed by atoms with E-state index < -0.39 is 16.2 Å². The van der Waals surface area contributed by atoms with Crippen molar-refractivity contribution >= 4 is 16.2 Å². The largest absolute Gasteiger partial charge is 0.469 e. The molecule has 0 bridgehead atoms. The van der Waals surface area contributed by atoms with Crippen LogP contribution in [0.5, 0.6) is 0 Å². The van der Waals surface area contributed by atoms with Gasteiger partial charge in [0, 0.05) is 26.7 Å². The summed E-state index contributed by atoms with van der Waals surface area (Å²) >= 11 is 0. The molecule has 0 fully saturated rings. The number of nitrogens with zero attached hydrogens (tertiary/aromatic N) is 2. The number of unbranched alkanes of at least 4 members (excludes halogenated alkanes) is 2. The molecule has 0 amide bonds. The molecule has 0 aromatic heterocycles. The summed E-state index contributed by atoms with van der Waals surface area (Å²) in [7, 11) is -0.690. The Morgan fingerprint density at radius 3 is 1.95 bits per heavy atom. The van der Waals surface area contributed by atoms with Crippen LogP contribution >= 0.6 is 0 Å². The fourth-order valence-electron chi connectivity index (χ4n) is 1.67. The molecule has 0 saturated carbocycles. The van der Waals surface area contributed by atoms with Crippen LogP contribution in [0.25, 0.3) is 0 Å². The number of methoxy groups -OCH3 is 1. The number of esters is 1. The van der Waals surface area contributed by atoms with Crippen molar-refractivity contribution in [3.63, 3.8) is 0 Å². The number of ether oxygens (including phenoxy) is 1. The van der Waals surface area contributed by atoms with E-state index in [1.54, 1.807) is 0 Å². The van der Waals surface area contributed by atoms with Crippen molar-refractivity contribution in [3.05, 3.63) is 0 Å². The Labute approximate surface area is 123 Å². The topological polar surface area (TPSA) is 66.9 Å². The van der Waals surface area contributed by atoms with Gasteiger partial charge < -0.3 is 4.74 Å². The Morgan fingerprint density at radius 1 is 1.05 bits per heavy atom. The number of rotatable bonds is 11. The highest BCUT2D eigenvalue weighted by molar-refractivity contribution is 7.86. The molecule has 0 heterocycles. The van der Waals surface area contributed by atoms with Gasteiger partial charge in [-0.25, -0.2) is 0 Å². The standard InChI is InChI=1S/C13H28N2O4S/c1-5-7-10-15(11-8-6-2)20(17,18)14(3)12-9-13(16)19-4/h5-12H2,1-4H3. The monoisotopic (exact) mass is 308 g/mol. The van der Waals surface area contributed by atoms with Crippen molar-refractivity contribution in [1.29, 1.82) is 0 Å². The third-order valence-corrected chi connectivity index (χ3v) is 5.09. The van der Waals surface area contributed by atoms with E-state index in [4.69, 9.17) is 0 Å². The summed E-state index contributed by atoms with van der Waals surface area (Å²) in [6.07, 6.45) is 3.65. The molecule has 0 atom stereocenters. The molecule has 0 spiro atoms. The minimum atomic E-state index is -3.49. The fraction of sp³-hybridized carbons (Fsp3) is 0.923. The van der Waals surface area contributed by atoms with Gasteiger partial charge >= 0.3 is 5.97 Å². The molecular weight excluding hydrogens is 280 g/mol. The van der Waals surface area contributed by atoms with Crippen molar-refractivity contribution in [3.8, 4) is 0 Å². The molecule has 0 aliphatic carbocycles. The first-order valence-corrected chi connectivity index (χ1v) is 8.58. The molecule has 0 aromatic rings. The van der Waals surface area contributed by atoms with Crippen LogP contribution in [-0.4, -0.2) is 56.8 Å². The third-order valence-electron chi connectivity index (χ3n) is 3.10. The number of hydrogen-bond acceptors (Lipinski definition) is 4. The second-order valence-corrected chi connectivity index (χ2v) is 6.80. The first-order chi connectivity index (χ1) is 9.39. The zero-order chi connectivity index (χ0) is 15.6. The summed E-state index contributed by atoms with van der Waals surface area (Å²) in [5.41, 5.74) is 0. The Kier molecular flexibility index (Phi) is 9.79. The molecular formula is C13H28N2O4S. The van der Waals surface area contributed by atoms with Crippen molar-refractivity contribution in [2.45, 2.75) is 46.0 Å². The number of carbonyl (C=O) groups excluding carboxylic acids is 1. The smallest absolute Gasteiger partial charge is 0.306 e. The Hall–Kier alpha value is -0.660. The molecule has 120 valence electrons. The van der Waals surface area contributed by atoms with Crippen molar-refractivity contribution in [2.75, 3.05) is 33.8 Å². The van der Waals surface area contributed by atoms with Gasteiger partial charge in [0.2, 0.25) is 0 Å². The van der Waals surface area contributed by atoms with Gasteiger partial charge in [-0.15, -0.1) is 0 Å². The van der Waals surface area contributed by atoms with Crippen LogP contribution in [0.1, 0.15) is 46.0 Å². The average molecular weight is 308 g/mol. The van der Waals surface area contributed by atoms with Crippen LogP contribution in [0.2, 0.25) is 0 Å². The van der Waals surface area contributed by atoms with Crippen molar-refractivity contribution in [1.82, 2.24) is 8.61 Å². The summed E-state index contributed by atoms with van der Waals surface area (Å²) in [6, 6.07) is 0. The predicted molar refractivity (Wildman–Crippen MR) is 79.6 cm³/mol. The molecule has 6 nitrogen and oxygen atoms in total. The van der Waals surface area contributed by atoms with E-state index in [1.165, 1.54) is 22.8 Å². The first-order valence-electron chi connectivity index (χ1n) is 7.18. The molecule has 0 N–H and O–H groups in total. The maximum atomic E-state index is 12.4. The third kappa shape index (κ3) is 6.67. The van der Waals surface area contributed by atoms with Crippen LogP contribution in [-0.2, 0) is 19.7 Å². The summed E-state index contributed by atoms with van der Waals surface area (Å²) in [6.45, 7) is 5.27. The van der Waals surface area contributed by atoms with Crippen LogP contribution in [0.15, 0.2) is 0 Å². The van der Waals surface area contributed by atoms with E-state index in [9.17, 15) is 13.2 Å². The Balaban J connectivity index is 4.67. The van der Waals surface area contributed by atoms with Gasteiger partial charge in [0.1, 0.15) is 0 Å². The van der Waals surface area contributed by atoms with Gasteiger partial charge in [-0.3, -0.25) is 4.79 Å². The lowest BCUT2D eigenvalue weighted by Crippen LogP contribution is -2.43. The fourth-order valence-corrected chi connectivity index (χ4v) is 3.11. The zero-order valence-corrected chi connectivity index (χ0v) is 13.9. The van der Waals surface area contributed by atoms with Crippen LogP contribution in [0.3, 0.4) is 0 Å². The van der Waals surface area contributed by atoms with Crippen LogP contribution < -0.4 is 0 Å². The molecule has 0 aromatic carbocycles. The molecule has 0 radical (unpaired) electrons. The van der Waals surface area contributed by atoms with Crippen LogP contribution in [0.4, 0.5) is 0 Å². The van der Waals surface area contributed by atoms with E-state index in [-0.39, 0.29) is 13.0 Å². The summed E-state index contributed by atoms with van der Waals surface area (Å²) in [5.74, 6) is -0.402. The normalized spacial score (nSPS) is 12.1. The molecule has 20 heavy (non-hydrogen) atoms. The highest BCUT2D eigenvalue weighted by Crippen LogP contribution is 2.10. The van der Waals surface area contributed by atoms with Gasteiger partial charge in [0.25, 0.3) is 10.2 Å². The molecule has 0 rings (SSSR count). The Morgan fingerprint density at radius 2 is 1.55 bits per heavy atom. The van der Waals surface area contributed by atoms with Gasteiger partial charge in [0.05, 0.1) is 13.5 Å². The van der Waals surface area contributed by atoms with E-state index in [1.807, 2.05) is 13.8 Å². The van der Waals surface area contributed by atoms with Crippen molar-refractivity contribution in [2.24, 2.45) is 0 Å². The van der Waals surface area contributed by atoms with E-state index >= 15 is 0 Å². The predicted octanol–water partition coefficient (Wildman–Crippen LogP) is 1.63. The molecule has 0 unspecified atom stereocenters. The summed E-state index contributed by atoms with van der Waals surface area (Å²) in [4.78, 5) is 11.1. The highest BCUT2D eigenvalue weighted by atomic mass is 32.2. The lowest BCUT2D eigenvalue weighted by atomic mass is 10.3. The summed E-state index contributed by atoms with van der Waals surface area (Å²) < 4.78 is 32.2. The quantitative estimate of drug-likeness (QED) is 0.544. The van der Waals surface area contributed by atoms with Crippen molar-refractivity contribution < 1.29 is 17.9 Å². The van der Waals surface area contributed by atoms with E-state index in [0.717, 1.165) is 25.7 Å². The highest BCUT2D eigenvalue weighted by Gasteiger charge is 2.26. The van der Waals surface area contributed by atoms with E-state index in [2.05, 4.69) is 4.74 Å². The Bertz CT molecular complexity index is 363. The second kappa shape index (κ2) is 10.1. The van der Waals surface area contributed by atoms with Gasteiger partial charge in [0.15, 0.2) is 0 Å². The molecule has 0 aliphatic heterocycles. The van der Waals surface area contributed by atoms with Gasteiger partial charge in [-0.2, -0.15) is 17.0 Å². The van der Waals surface area contributed by atoms with Gasteiger partial charge in [-0.05, 0) is 12.8 Å². The lowest BCUT2D eigenvalue weighted by Gasteiger charge is -2.27.